The molecule has 0 fully saturated rings. The highest BCUT2D eigenvalue weighted by Crippen LogP contribution is 2.60. The zero-order valence-electron chi connectivity index (χ0n) is 13.9. The number of hydrogen-bond acceptors (Lipinski definition) is 0. The largest absolute Gasteiger partial charge is 0.416 e. The van der Waals surface area contributed by atoms with E-state index in [4.69, 9.17) is 0 Å². The molecule has 0 saturated carbocycles. The molecule has 0 radical (unpaired) electrons. The third-order valence-electron chi connectivity index (χ3n) is 4.27. The minimum atomic E-state index is -6.63. The van der Waals surface area contributed by atoms with Crippen molar-refractivity contribution >= 4 is 0 Å². The monoisotopic (exact) mass is 402 g/mol. The van der Waals surface area contributed by atoms with E-state index in [0.717, 1.165) is 13.0 Å². The van der Waals surface area contributed by atoms with Crippen molar-refractivity contribution in [3.8, 4) is 11.3 Å². The van der Waals surface area contributed by atoms with Gasteiger partial charge in [-0.05, 0) is 30.2 Å². The molecule has 2 aromatic rings. The number of hydrogen-bond donors (Lipinski definition) is 0. The third kappa shape index (κ3) is 3.25. The smallest absolute Gasteiger partial charge is 0.201 e. The third-order valence-corrected chi connectivity index (χ3v) is 4.27. The van der Waals surface area contributed by atoms with E-state index in [2.05, 4.69) is 0 Å². The Labute approximate surface area is 148 Å². The molecular formula is C17H13F9N+. The average molecular weight is 402 g/mol. The summed E-state index contributed by atoms with van der Waals surface area (Å²) in [6.45, 7) is 1.15. The van der Waals surface area contributed by atoms with Crippen LogP contribution in [0.5, 0.6) is 0 Å². The van der Waals surface area contributed by atoms with Crippen molar-refractivity contribution in [2.45, 2.75) is 30.9 Å². The van der Waals surface area contributed by atoms with Crippen LogP contribution in [0.2, 0.25) is 0 Å². The Morgan fingerprint density at radius 1 is 0.741 bits per heavy atom. The average Bonchev–Trinajstić information content (AvgIpc) is 2.44. The van der Waals surface area contributed by atoms with Crippen molar-refractivity contribution in [2.24, 2.45) is 7.05 Å². The van der Waals surface area contributed by atoms with Gasteiger partial charge in [0, 0.05) is 17.7 Å². The van der Waals surface area contributed by atoms with Crippen LogP contribution in [0, 0.1) is 6.92 Å². The lowest BCUT2D eigenvalue weighted by atomic mass is 9.77. The highest BCUT2D eigenvalue weighted by Gasteiger charge is 2.84. The van der Waals surface area contributed by atoms with Crippen LogP contribution in [-0.4, -0.2) is 18.5 Å². The lowest BCUT2D eigenvalue weighted by Crippen LogP contribution is -2.63. The topological polar surface area (TPSA) is 3.88 Å². The van der Waals surface area contributed by atoms with E-state index in [1.807, 2.05) is 0 Å². The summed E-state index contributed by atoms with van der Waals surface area (Å²) in [5.41, 5.74) is -7.43. The minimum Gasteiger partial charge on any atom is -0.201 e. The molecule has 1 aromatic carbocycles. The number of halogens is 9. The molecule has 148 valence electrons. The lowest BCUT2D eigenvalue weighted by molar-refractivity contribution is -0.660. The number of nitrogens with zero attached hydrogens (tertiary/aromatic N) is 1. The maximum Gasteiger partial charge on any atom is 0.416 e. The summed E-state index contributed by atoms with van der Waals surface area (Å²) in [5.74, 6) is 0. The summed E-state index contributed by atoms with van der Waals surface area (Å²) in [7, 11) is 1.58. The molecule has 1 aromatic heterocycles. The molecule has 2 rings (SSSR count). The van der Waals surface area contributed by atoms with E-state index in [9.17, 15) is 39.5 Å². The Balaban J connectivity index is 2.80. The molecular weight excluding hydrogens is 389 g/mol. The quantitative estimate of drug-likeness (QED) is 0.467. The second-order valence-electron chi connectivity index (χ2n) is 5.97. The summed E-state index contributed by atoms with van der Waals surface area (Å²) in [4.78, 5) is 0. The van der Waals surface area contributed by atoms with Gasteiger partial charge in [-0.1, -0.05) is 12.1 Å². The van der Waals surface area contributed by atoms with E-state index in [1.165, 1.54) is 10.6 Å². The zero-order chi connectivity index (χ0) is 20.8. The van der Waals surface area contributed by atoms with Gasteiger partial charge in [-0.15, -0.1) is 0 Å². The Hall–Kier alpha value is -2.26. The molecule has 0 spiro atoms. The molecule has 0 unspecified atom stereocenters. The van der Waals surface area contributed by atoms with Crippen LogP contribution in [0.25, 0.3) is 11.3 Å². The Kier molecular flexibility index (Phi) is 5.00. The number of aryl methyl sites for hydroxylation is 2. The minimum absolute atomic E-state index is 0.156. The van der Waals surface area contributed by atoms with Crippen LogP contribution >= 0.6 is 0 Å². The second-order valence-corrected chi connectivity index (χ2v) is 5.97. The normalized spacial score (nSPS) is 13.7. The molecule has 10 heteroatoms. The Morgan fingerprint density at radius 2 is 1.26 bits per heavy atom. The van der Waals surface area contributed by atoms with Gasteiger partial charge in [-0.3, -0.25) is 0 Å². The number of pyridine rings is 1. The molecule has 0 N–H and O–H groups in total. The summed E-state index contributed by atoms with van der Waals surface area (Å²) in [5, 5.41) is 0. The molecule has 0 aliphatic carbocycles. The van der Waals surface area contributed by atoms with Crippen LogP contribution in [0.1, 0.15) is 11.1 Å². The van der Waals surface area contributed by atoms with E-state index >= 15 is 0 Å². The summed E-state index contributed by atoms with van der Waals surface area (Å²) in [6.07, 6.45) is -18.3. The zero-order valence-corrected chi connectivity index (χ0v) is 13.9. The van der Waals surface area contributed by atoms with Crippen molar-refractivity contribution < 1.29 is 44.1 Å². The molecule has 1 heterocycles. The van der Waals surface area contributed by atoms with Crippen LogP contribution in [0.4, 0.5) is 39.5 Å². The van der Waals surface area contributed by atoms with Crippen molar-refractivity contribution in [1.29, 1.82) is 0 Å². The van der Waals surface area contributed by atoms with Crippen molar-refractivity contribution in [3.63, 3.8) is 0 Å². The van der Waals surface area contributed by atoms with Gasteiger partial charge < -0.3 is 0 Å². The first kappa shape index (κ1) is 21.0. The van der Waals surface area contributed by atoms with E-state index < -0.39 is 29.5 Å². The van der Waals surface area contributed by atoms with Gasteiger partial charge in [-0.25, -0.2) is 4.57 Å². The van der Waals surface area contributed by atoms with E-state index in [1.54, 1.807) is 25.4 Å². The number of benzene rings is 1. The highest BCUT2D eigenvalue weighted by molar-refractivity contribution is 5.62. The van der Waals surface area contributed by atoms with Crippen LogP contribution in [-0.2, 0) is 12.5 Å². The first-order valence-corrected chi connectivity index (χ1v) is 7.41. The fraction of sp³-hybridized carbons (Fsp3) is 0.353. The maximum atomic E-state index is 13.2. The van der Waals surface area contributed by atoms with Gasteiger partial charge in [0.15, 0.2) is 6.20 Å². The SMILES string of the molecule is Cc1cc(C(C(F)(F)F)(C(F)(F)F)C(F)(F)F)ccc1-c1cccc[n+]1C. The van der Waals surface area contributed by atoms with E-state index in [-0.39, 0.29) is 23.3 Å². The number of aromatic nitrogens is 1. The fourth-order valence-corrected chi connectivity index (χ4v) is 2.96. The van der Waals surface area contributed by atoms with Gasteiger partial charge in [0.25, 0.3) is 5.41 Å². The molecule has 0 aliphatic heterocycles. The van der Waals surface area contributed by atoms with Crippen molar-refractivity contribution in [1.82, 2.24) is 0 Å². The molecule has 0 aliphatic rings. The molecule has 27 heavy (non-hydrogen) atoms. The van der Waals surface area contributed by atoms with Gasteiger partial charge in [-0.2, -0.15) is 39.5 Å². The molecule has 1 nitrogen and oxygen atoms in total. The van der Waals surface area contributed by atoms with E-state index in [0.29, 0.717) is 5.69 Å². The first-order chi connectivity index (χ1) is 12.1. The molecule has 0 saturated heterocycles. The molecule has 0 amide bonds. The maximum absolute atomic E-state index is 13.2. The standard InChI is InChI=1S/C17H13F9N/c1-10-9-11(6-7-12(10)13-5-3-4-8-27(13)2)14(15(18,19)20,16(21,22)23)17(24,25)26/h3-9H,1-2H3/q+1. The predicted octanol–water partition coefficient (Wildman–Crippen LogP) is 5.41. The molecule has 0 bridgehead atoms. The first-order valence-electron chi connectivity index (χ1n) is 7.41. The van der Waals surface area contributed by atoms with Gasteiger partial charge in [0.2, 0.25) is 5.69 Å². The Morgan fingerprint density at radius 3 is 1.67 bits per heavy atom. The highest BCUT2D eigenvalue weighted by atomic mass is 19.4. The van der Waals surface area contributed by atoms with Crippen molar-refractivity contribution in [2.75, 3.05) is 0 Å². The number of alkyl halides is 9. The van der Waals surface area contributed by atoms with Gasteiger partial charge in [0.05, 0.1) is 0 Å². The van der Waals surface area contributed by atoms with Crippen LogP contribution in [0.3, 0.4) is 0 Å². The predicted molar refractivity (Wildman–Crippen MR) is 77.6 cm³/mol. The van der Waals surface area contributed by atoms with Crippen LogP contribution in [0.15, 0.2) is 42.6 Å². The molecule has 0 atom stereocenters. The van der Waals surface area contributed by atoms with Crippen molar-refractivity contribution in [3.05, 3.63) is 53.7 Å². The second kappa shape index (κ2) is 6.42. The van der Waals surface area contributed by atoms with Gasteiger partial charge in [0.1, 0.15) is 7.05 Å². The van der Waals surface area contributed by atoms with Gasteiger partial charge >= 0.3 is 18.5 Å². The van der Waals surface area contributed by atoms with Crippen LogP contribution < -0.4 is 4.57 Å². The summed E-state index contributed by atoms with van der Waals surface area (Å²) >= 11 is 0. The Bertz CT molecular complexity index is 795. The number of rotatable bonds is 2. The lowest BCUT2D eigenvalue weighted by Gasteiger charge is -2.39. The summed E-state index contributed by atoms with van der Waals surface area (Å²) in [6, 6.07) is 6.09. The summed E-state index contributed by atoms with van der Waals surface area (Å²) < 4.78 is 121. The fourth-order valence-electron chi connectivity index (χ4n) is 2.96.